The summed E-state index contributed by atoms with van der Waals surface area (Å²) in [7, 11) is 1.72. The van der Waals surface area contributed by atoms with Gasteiger partial charge in [0, 0.05) is 25.8 Å². The standard InChI is InChI=1S/C16H25NO2/c1-13-3-6-16(19-9-7-14-4-5-14)15(11-13)12-17-8-10-18-2/h3,6,11,14,17H,4-5,7-10,12H2,1-2H3. The number of benzene rings is 1. The van der Waals surface area contributed by atoms with Crippen LogP contribution < -0.4 is 10.1 Å². The number of methoxy groups -OCH3 is 1. The van der Waals surface area contributed by atoms with E-state index in [1.807, 2.05) is 0 Å². The van der Waals surface area contributed by atoms with Gasteiger partial charge in [0.2, 0.25) is 0 Å². The molecule has 1 aliphatic rings. The molecule has 0 aromatic heterocycles. The van der Waals surface area contributed by atoms with E-state index in [2.05, 4.69) is 30.4 Å². The Kier molecular flexibility index (Phi) is 5.67. The highest BCUT2D eigenvalue weighted by atomic mass is 16.5. The topological polar surface area (TPSA) is 30.5 Å². The van der Waals surface area contributed by atoms with Gasteiger partial charge in [-0.15, -0.1) is 0 Å². The van der Waals surface area contributed by atoms with E-state index in [-0.39, 0.29) is 0 Å². The first-order chi connectivity index (χ1) is 9.29. The second kappa shape index (κ2) is 7.51. The van der Waals surface area contributed by atoms with Crippen LogP contribution >= 0.6 is 0 Å². The summed E-state index contributed by atoms with van der Waals surface area (Å²) in [6.45, 7) is 5.41. The molecule has 0 saturated heterocycles. The van der Waals surface area contributed by atoms with Crippen molar-refractivity contribution in [1.82, 2.24) is 5.32 Å². The molecule has 0 atom stereocenters. The van der Waals surface area contributed by atoms with Crippen molar-refractivity contribution in [2.24, 2.45) is 5.92 Å². The summed E-state index contributed by atoms with van der Waals surface area (Å²) < 4.78 is 11.0. The first-order valence-corrected chi connectivity index (χ1v) is 7.21. The summed E-state index contributed by atoms with van der Waals surface area (Å²) in [4.78, 5) is 0. The first kappa shape index (κ1) is 14.4. The Balaban J connectivity index is 1.83. The van der Waals surface area contributed by atoms with E-state index in [0.717, 1.165) is 38.0 Å². The minimum atomic E-state index is 0.740. The molecule has 1 fully saturated rings. The molecule has 0 radical (unpaired) electrons. The van der Waals surface area contributed by atoms with Crippen LogP contribution in [-0.4, -0.2) is 26.9 Å². The Morgan fingerprint density at radius 1 is 1.26 bits per heavy atom. The van der Waals surface area contributed by atoms with Gasteiger partial charge in [-0.2, -0.15) is 0 Å². The van der Waals surface area contributed by atoms with Crippen molar-refractivity contribution in [1.29, 1.82) is 0 Å². The SMILES string of the molecule is COCCNCc1cc(C)ccc1OCCC1CC1. The molecule has 19 heavy (non-hydrogen) atoms. The molecule has 1 N–H and O–H groups in total. The molecule has 1 aromatic rings. The fourth-order valence-electron chi connectivity index (χ4n) is 2.13. The molecule has 3 nitrogen and oxygen atoms in total. The second-order valence-corrected chi connectivity index (χ2v) is 5.36. The molecular formula is C16H25NO2. The van der Waals surface area contributed by atoms with E-state index in [1.54, 1.807) is 7.11 Å². The van der Waals surface area contributed by atoms with Crippen LogP contribution in [0, 0.1) is 12.8 Å². The van der Waals surface area contributed by atoms with Gasteiger partial charge in [-0.05, 0) is 25.3 Å². The van der Waals surface area contributed by atoms with Gasteiger partial charge in [-0.25, -0.2) is 0 Å². The Labute approximate surface area is 116 Å². The summed E-state index contributed by atoms with van der Waals surface area (Å²) >= 11 is 0. The fraction of sp³-hybridized carbons (Fsp3) is 0.625. The molecule has 0 spiro atoms. The van der Waals surface area contributed by atoms with Crippen molar-refractivity contribution in [2.45, 2.75) is 32.7 Å². The maximum atomic E-state index is 5.93. The Morgan fingerprint density at radius 2 is 2.11 bits per heavy atom. The van der Waals surface area contributed by atoms with Crippen molar-refractivity contribution in [3.8, 4) is 5.75 Å². The third-order valence-corrected chi connectivity index (χ3v) is 3.49. The summed E-state index contributed by atoms with van der Waals surface area (Å²) in [6.07, 6.45) is 3.98. The van der Waals surface area contributed by atoms with E-state index in [4.69, 9.17) is 9.47 Å². The van der Waals surface area contributed by atoms with Gasteiger partial charge >= 0.3 is 0 Å². The summed E-state index contributed by atoms with van der Waals surface area (Å²) in [5.41, 5.74) is 2.52. The molecule has 0 heterocycles. The highest BCUT2D eigenvalue weighted by Crippen LogP contribution is 2.32. The number of nitrogens with one attached hydrogen (secondary N) is 1. The van der Waals surface area contributed by atoms with Gasteiger partial charge in [0.05, 0.1) is 13.2 Å². The average molecular weight is 263 g/mol. The second-order valence-electron chi connectivity index (χ2n) is 5.36. The Hall–Kier alpha value is -1.06. The molecule has 1 aromatic carbocycles. The van der Waals surface area contributed by atoms with Crippen LogP contribution in [0.5, 0.6) is 5.75 Å². The van der Waals surface area contributed by atoms with Crippen LogP contribution in [0.1, 0.15) is 30.4 Å². The lowest BCUT2D eigenvalue weighted by atomic mass is 10.1. The molecule has 0 bridgehead atoms. The quantitative estimate of drug-likeness (QED) is 0.695. The van der Waals surface area contributed by atoms with Gasteiger partial charge in [-0.3, -0.25) is 0 Å². The van der Waals surface area contributed by atoms with Gasteiger partial charge in [-0.1, -0.05) is 30.5 Å². The maximum absolute atomic E-state index is 5.93. The predicted octanol–water partition coefficient (Wildman–Crippen LogP) is 2.91. The maximum Gasteiger partial charge on any atom is 0.123 e. The highest BCUT2D eigenvalue weighted by Gasteiger charge is 2.20. The molecule has 1 aliphatic carbocycles. The van der Waals surface area contributed by atoms with Crippen LogP contribution in [-0.2, 0) is 11.3 Å². The molecule has 3 heteroatoms. The summed E-state index contributed by atoms with van der Waals surface area (Å²) in [5, 5.41) is 3.38. The first-order valence-electron chi connectivity index (χ1n) is 7.21. The van der Waals surface area contributed by atoms with E-state index >= 15 is 0 Å². The van der Waals surface area contributed by atoms with E-state index in [1.165, 1.54) is 30.4 Å². The lowest BCUT2D eigenvalue weighted by molar-refractivity contribution is 0.199. The molecule has 0 unspecified atom stereocenters. The zero-order chi connectivity index (χ0) is 13.5. The number of aryl methyl sites for hydroxylation is 1. The van der Waals surface area contributed by atoms with E-state index in [9.17, 15) is 0 Å². The van der Waals surface area contributed by atoms with Gasteiger partial charge < -0.3 is 14.8 Å². The number of rotatable bonds is 9. The summed E-state index contributed by atoms with van der Waals surface area (Å²) in [5.74, 6) is 1.95. The van der Waals surface area contributed by atoms with Crippen LogP contribution in [0.15, 0.2) is 18.2 Å². The monoisotopic (exact) mass is 263 g/mol. The summed E-state index contributed by atoms with van der Waals surface area (Å²) in [6, 6.07) is 6.41. The van der Waals surface area contributed by atoms with Crippen molar-refractivity contribution >= 4 is 0 Å². The van der Waals surface area contributed by atoms with Crippen molar-refractivity contribution in [3.05, 3.63) is 29.3 Å². The van der Waals surface area contributed by atoms with Gasteiger partial charge in [0.1, 0.15) is 5.75 Å². The van der Waals surface area contributed by atoms with E-state index < -0.39 is 0 Å². The Bertz CT molecular complexity index is 388. The largest absolute Gasteiger partial charge is 0.493 e. The lowest BCUT2D eigenvalue weighted by Crippen LogP contribution is -2.19. The van der Waals surface area contributed by atoms with E-state index in [0.29, 0.717) is 0 Å². The van der Waals surface area contributed by atoms with Crippen LogP contribution in [0.25, 0.3) is 0 Å². The zero-order valence-electron chi connectivity index (χ0n) is 12.1. The average Bonchev–Trinajstić information content (AvgIpc) is 3.21. The zero-order valence-corrected chi connectivity index (χ0v) is 12.1. The highest BCUT2D eigenvalue weighted by molar-refractivity contribution is 5.36. The third kappa shape index (κ3) is 5.21. The van der Waals surface area contributed by atoms with Crippen molar-refractivity contribution < 1.29 is 9.47 Å². The minimum Gasteiger partial charge on any atom is -0.493 e. The van der Waals surface area contributed by atoms with Crippen LogP contribution in [0.3, 0.4) is 0 Å². The van der Waals surface area contributed by atoms with Crippen molar-refractivity contribution in [2.75, 3.05) is 26.9 Å². The van der Waals surface area contributed by atoms with Crippen LogP contribution in [0.4, 0.5) is 0 Å². The predicted molar refractivity (Wildman–Crippen MR) is 77.6 cm³/mol. The molecule has 2 rings (SSSR count). The molecular weight excluding hydrogens is 238 g/mol. The van der Waals surface area contributed by atoms with Crippen molar-refractivity contribution in [3.63, 3.8) is 0 Å². The molecule has 0 aliphatic heterocycles. The normalized spacial score (nSPS) is 14.6. The van der Waals surface area contributed by atoms with Gasteiger partial charge in [0.15, 0.2) is 0 Å². The molecule has 106 valence electrons. The lowest BCUT2D eigenvalue weighted by Gasteiger charge is -2.13. The Morgan fingerprint density at radius 3 is 2.84 bits per heavy atom. The molecule has 1 saturated carbocycles. The third-order valence-electron chi connectivity index (χ3n) is 3.49. The fourth-order valence-corrected chi connectivity index (χ4v) is 2.13. The molecule has 0 amide bonds. The smallest absolute Gasteiger partial charge is 0.123 e. The van der Waals surface area contributed by atoms with Crippen LogP contribution in [0.2, 0.25) is 0 Å². The number of hydrogen-bond donors (Lipinski definition) is 1. The number of ether oxygens (including phenoxy) is 2. The minimum absolute atomic E-state index is 0.740. The number of hydrogen-bond acceptors (Lipinski definition) is 3. The van der Waals surface area contributed by atoms with Gasteiger partial charge in [0.25, 0.3) is 0 Å².